The molecule has 2 aromatic carbocycles. The molecule has 31 heavy (non-hydrogen) atoms. The van der Waals surface area contributed by atoms with Crippen molar-refractivity contribution in [3.05, 3.63) is 59.4 Å². The number of amides is 1. The molecule has 1 unspecified atom stereocenters. The zero-order chi connectivity index (χ0) is 21.2. The molecule has 1 N–H and O–H groups in total. The van der Waals surface area contributed by atoms with Gasteiger partial charge in [0, 0.05) is 24.7 Å². The van der Waals surface area contributed by atoms with Crippen molar-refractivity contribution in [2.45, 2.75) is 31.6 Å². The van der Waals surface area contributed by atoms with Gasteiger partial charge < -0.3 is 24.4 Å². The third-order valence-corrected chi connectivity index (χ3v) is 6.21. The number of nitrogens with one attached hydrogen (secondary N) is 1. The Morgan fingerprint density at radius 1 is 1.16 bits per heavy atom. The Morgan fingerprint density at radius 2 is 2.03 bits per heavy atom. The lowest BCUT2D eigenvalue weighted by molar-refractivity contribution is 0.00266. The second-order valence-electron chi connectivity index (χ2n) is 8.67. The largest absolute Gasteiger partial charge is 0.486 e. The minimum absolute atomic E-state index is 0.0754. The first kappa shape index (κ1) is 20.3. The molecule has 2 aromatic rings. The summed E-state index contributed by atoms with van der Waals surface area (Å²) in [6, 6.07) is 11.7. The van der Waals surface area contributed by atoms with Gasteiger partial charge in [-0.3, -0.25) is 4.79 Å². The number of hydrogen-bond acceptors (Lipinski definition) is 5. The number of carbonyl (C=O) groups excluding carboxylic acids is 1. The van der Waals surface area contributed by atoms with E-state index < -0.39 is 0 Å². The average Bonchev–Trinajstić information content (AvgIpc) is 3.12. The van der Waals surface area contributed by atoms with Gasteiger partial charge in [-0.25, -0.2) is 4.39 Å². The van der Waals surface area contributed by atoms with Gasteiger partial charge in [-0.1, -0.05) is 12.1 Å². The molecular formula is C24H27FN2O4. The van der Waals surface area contributed by atoms with Gasteiger partial charge in [-0.15, -0.1) is 0 Å². The van der Waals surface area contributed by atoms with Crippen LogP contribution in [0.25, 0.3) is 0 Å². The molecule has 2 saturated heterocycles. The Morgan fingerprint density at radius 3 is 2.87 bits per heavy atom. The average molecular weight is 426 g/mol. The van der Waals surface area contributed by atoms with Crippen LogP contribution in [0.2, 0.25) is 0 Å². The monoisotopic (exact) mass is 426 g/mol. The standard InChI is InChI=1S/C24H27FN2O4/c25-19-4-1-16(2-5-19)13-29-14-21-15-30-22-6-3-18(10-23(22)31-21)24(28)26-20-9-17-7-8-27(11-17)12-20/h1-6,10,17,20-21H,7-9,11-15H2,(H,26,28)/t17-,20-,21-/m1/s1. The van der Waals surface area contributed by atoms with E-state index in [0.29, 0.717) is 42.8 Å². The Bertz CT molecular complexity index is 924. The normalized spacial score (nSPS) is 26.5. The zero-order valence-corrected chi connectivity index (χ0v) is 17.4. The number of benzene rings is 2. The smallest absolute Gasteiger partial charge is 0.251 e. The fourth-order valence-corrected chi connectivity index (χ4v) is 4.66. The highest BCUT2D eigenvalue weighted by Gasteiger charge is 2.33. The molecule has 6 nitrogen and oxygen atoms in total. The minimum Gasteiger partial charge on any atom is -0.486 e. The second kappa shape index (κ2) is 8.85. The van der Waals surface area contributed by atoms with Crippen LogP contribution in [0.15, 0.2) is 42.5 Å². The Balaban J connectivity index is 1.15. The van der Waals surface area contributed by atoms with Crippen molar-refractivity contribution < 1.29 is 23.4 Å². The summed E-state index contributed by atoms with van der Waals surface area (Å²) in [5.41, 5.74) is 1.47. The fourth-order valence-electron chi connectivity index (χ4n) is 4.66. The third-order valence-electron chi connectivity index (χ3n) is 6.21. The molecule has 3 heterocycles. The van der Waals surface area contributed by atoms with Crippen molar-refractivity contribution >= 4 is 5.91 Å². The maximum atomic E-state index is 13.0. The van der Waals surface area contributed by atoms with Crippen LogP contribution in [0.5, 0.6) is 11.5 Å². The van der Waals surface area contributed by atoms with E-state index in [1.807, 2.05) is 0 Å². The van der Waals surface area contributed by atoms with Crippen LogP contribution in [0.3, 0.4) is 0 Å². The zero-order valence-electron chi connectivity index (χ0n) is 17.4. The van der Waals surface area contributed by atoms with Crippen LogP contribution >= 0.6 is 0 Å². The van der Waals surface area contributed by atoms with E-state index in [1.165, 1.54) is 25.1 Å². The number of ether oxygens (including phenoxy) is 3. The molecule has 0 radical (unpaired) electrons. The maximum Gasteiger partial charge on any atom is 0.251 e. The summed E-state index contributed by atoms with van der Waals surface area (Å²) in [5, 5.41) is 3.18. The van der Waals surface area contributed by atoms with Crippen LogP contribution in [0.1, 0.15) is 28.8 Å². The van der Waals surface area contributed by atoms with E-state index in [4.69, 9.17) is 14.2 Å². The lowest BCUT2D eigenvalue weighted by Crippen LogP contribution is -2.47. The fraction of sp³-hybridized carbons (Fsp3) is 0.458. The first-order chi connectivity index (χ1) is 15.1. The molecular weight excluding hydrogens is 399 g/mol. The molecule has 2 bridgehead atoms. The molecule has 1 amide bonds. The molecule has 5 rings (SSSR count). The van der Waals surface area contributed by atoms with Crippen molar-refractivity contribution in [2.75, 3.05) is 32.8 Å². The first-order valence-electron chi connectivity index (χ1n) is 10.9. The molecule has 0 spiro atoms. The van der Waals surface area contributed by atoms with E-state index in [0.717, 1.165) is 25.1 Å². The van der Waals surface area contributed by atoms with Gasteiger partial charge in [0.05, 0.1) is 13.2 Å². The molecule has 164 valence electrons. The van der Waals surface area contributed by atoms with Gasteiger partial charge in [-0.2, -0.15) is 0 Å². The van der Waals surface area contributed by atoms with Gasteiger partial charge in [-0.05, 0) is 61.2 Å². The first-order valence-corrected chi connectivity index (χ1v) is 10.9. The van der Waals surface area contributed by atoms with Crippen LogP contribution < -0.4 is 14.8 Å². The summed E-state index contributed by atoms with van der Waals surface area (Å²) in [4.78, 5) is 15.2. The predicted molar refractivity (Wildman–Crippen MR) is 113 cm³/mol. The van der Waals surface area contributed by atoms with Crippen molar-refractivity contribution in [3.63, 3.8) is 0 Å². The van der Waals surface area contributed by atoms with Crippen molar-refractivity contribution in [1.82, 2.24) is 10.2 Å². The van der Waals surface area contributed by atoms with E-state index in [2.05, 4.69) is 10.2 Å². The Labute approximate surface area is 181 Å². The highest BCUT2D eigenvalue weighted by molar-refractivity contribution is 5.95. The molecule has 0 aromatic heterocycles. The number of halogens is 1. The van der Waals surface area contributed by atoms with Crippen LogP contribution in [-0.2, 0) is 11.3 Å². The van der Waals surface area contributed by atoms with Crippen molar-refractivity contribution in [1.29, 1.82) is 0 Å². The summed E-state index contributed by atoms with van der Waals surface area (Å²) in [5.74, 6) is 1.55. The summed E-state index contributed by atoms with van der Waals surface area (Å²) in [6.07, 6.45) is 2.02. The number of carbonyl (C=O) groups is 1. The highest BCUT2D eigenvalue weighted by Crippen LogP contribution is 2.33. The SMILES string of the molecule is O=C(N[C@@H]1C[C@H]2CCN(C2)C1)c1ccc2c(c1)O[C@H](COCc1ccc(F)cc1)CO2. The van der Waals surface area contributed by atoms with E-state index >= 15 is 0 Å². The summed E-state index contributed by atoms with van der Waals surface area (Å²) in [6.45, 7) is 4.33. The Kier molecular flexibility index (Phi) is 5.78. The highest BCUT2D eigenvalue weighted by atomic mass is 19.1. The summed E-state index contributed by atoms with van der Waals surface area (Å²) in [7, 11) is 0. The number of hydrogen-bond donors (Lipinski definition) is 1. The van der Waals surface area contributed by atoms with E-state index in [1.54, 1.807) is 30.3 Å². The van der Waals surface area contributed by atoms with Crippen molar-refractivity contribution in [2.24, 2.45) is 5.92 Å². The molecule has 2 fully saturated rings. The van der Waals surface area contributed by atoms with Gasteiger partial charge in [0.1, 0.15) is 12.4 Å². The molecule has 3 aliphatic heterocycles. The predicted octanol–water partition coefficient (Wildman–Crippen LogP) is 3.01. The van der Waals surface area contributed by atoms with E-state index in [-0.39, 0.29) is 23.9 Å². The summed E-state index contributed by atoms with van der Waals surface area (Å²) >= 11 is 0. The lowest BCUT2D eigenvalue weighted by atomic mass is 9.96. The van der Waals surface area contributed by atoms with Crippen LogP contribution in [0.4, 0.5) is 4.39 Å². The van der Waals surface area contributed by atoms with Gasteiger partial charge >= 0.3 is 0 Å². The molecule has 3 aliphatic rings. The van der Waals surface area contributed by atoms with E-state index in [9.17, 15) is 9.18 Å². The van der Waals surface area contributed by atoms with Crippen LogP contribution in [0, 0.1) is 11.7 Å². The number of piperidine rings is 1. The maximum absolute atomic E-state index is 13.0. The van der Waals surface area contributed by atoms with Crippen molar-refractivity contribution in [3.8, 4) is 11.5 Å². The van der Waals surface area contributed by atoms with Gasteiger partial charge in [0.25, 0.3) is 5.91 Å². The van der Waals surface area contributed by atoms with Gasteiger partial charge in [0.2, 0.25) is 0 Å². The Hall–Kier alpha value is -2.64. The number of rotatable bonds is 6. The topological polar surface area (TPSA) is 60.0 Å². The third kappa shape index (κ3) is 4.83. The molecule has 0 aliphatic carbocycles. The van der Waals surface area contributed by atoms with Crippen LogP contribution in [-0.4, -0.2) is 55.8 Å². The summed E-state index contributed by atoms with van der Waals surface area (Å²) < 4.78 is 30.5. The molecule has 0 saturated carbocycles. The quantitative estimate of drug-likeness (QED) is 0.770. The number of fused-ring (bicyclic) bond motifs is 3. The van der Waals surface area contributed by atoms with Gasteiger partial charge in [0.15, 0.2) is 17.6 Å². The minimum atomic E-state index is -0.270. The lowest BCUT2D eigenvalue weighted by Gasteiger charge is -2.30. The molecule has 7 heteroatoms. The number of nitrogens with zero attached hydrogens (tertiary/aromatic N) is 1. The second-order valence-corrected chi connectivity index (χ2v) is 8.67. The molecule has 4 atom stereocenters.